The predicted molar refractivity (Wildman–Crippen MR) is 81.8 cm³/mol. The average molecular weight is 270 g/mol. The van der Waals surface area contributed by atoms with Gasteiger partial charge in [-0.05, 0) is 44.0 Å². The Morgan fingerprint density at radius 3 is 2.90 bits per heavy atom. The Labute approximate surface area is 120 Å². The molecule has 0 radical (unpaired) electrons. The van der Waals surface area contributed by atoms with E-state index in [1.807, 2.05) is 6.07 Å². The van der Waals surface area contributed by atoms with Gasteiger partial charge in [-0.25, -0.2) is 0 Å². The van der Waals surface area contributed by atoms with E-state index in [9.17, 15) is 4.79 Å². The maximum absolute atomic E-state index is 12.3. The van der Waals surface area contributed by atoms with Gasteiger partial charge < -0.3 is 10.2 Å². The van der Waals surface area contributed by atoms with E-state index in [0.717, 1.165) is 30.8 Å². The summed E-state index contributed by atoms with van der Waals surface area (Å²) in [5, 5.41) is 3.09. The van der Waals surface area contributed by atoms with Gasteiger partial charge in [0, 0.05) is 31.1 Å². The Balaban J connectivity index is 2.05. The van der Waals surface area contributed by atoms with Gasteiger partial charge >= 0.3 is 0 Å². The van der Waals surface area contributed by atoms with Crippen molar-refractivity contribution in [2.24, 2.45) is 5.92 Å². The van der Waals surface area contributed by atoms with Crippen molar-refractivity contribution in [1.29, 1.82) is 0 Å². The summed E-state index contributed by atoms with van der Waals surface area (Å²) in [6, 6.07) is 6.34. The van der Waals surface area contributed by atoms with Crippen molar-refractivity contribution >= 4 is 12.0 Å². The van der Waals surface area contributed by atoms with Crippen molar-refractivity contribution in [3.8, 4) is 0 Å². The van der Waals surface area contributed by atoms with Crippen LogP contribution >= 0.6 is 0 Å². The van der Waals surface area contributed by atoms with Crippen molar-refractivity contribution in [3.63, 3.8) is 0 Å². The lowest BCUT2D eigenvalue weighted by Crippen LogP contribution is -2.29. The number of amides is 1. The van der Waals surface area contributed by atoms with Crippen LogP contribution in [0.4, 0.5) is 0 Å². The van der Waals surface area contributed by atoms with Gasteiger partial charge in [0.25, 0.3) is 5.91 Å². The van der Waals surface area contributed by atoms with Gasteiger partial charge in [0.15, 0.2) is 0 Å². The van der Waals surface area contributed by atoms with E-state index in [0.29, 0.717) is 11.8 Å². The van der Waals surface area contributed by atoms with Gasteiger partial charge in [-0.15, -0.1) is 0 Å². The Hall–Kier alpha value is -1.61. The van der Waals surface area contributed by atoms with Gasteiger partial charge in [0.1, 0.15) is 0 Å². The van der Waals surface area contributed by atoms with Crippen LogP contribution in [0.25, 0.3) is 6.08 Å². The number of allylic oxidation sites excluding steroid dienone is 1. The van der Waals surface area contributed by atoms with E-state index < -0.39 is 0 Å². The van der Waals surface area contributed by atoms with E-state index in [4.69, 9.17) is 0 Å². The Morgan fingerprint density at radius 1 is 1.35 bits per heavy atom. The molecule has 3 nitrogen and oxygen atoms in total. The summed E-state index contributed by atoms with van der Waals surface area (Å²) in [4.78, 5) is 14.7. The molecule has 0 saturated carbocycles. The first-order valence-electron chi connectivity index (χ1n) is 7.30. The Bertz CT molecular complexity index is 572. The summed E-state index contributed by atoms with van der Waals surface area (Å²) in [5.41, 5.74) is 4.45. The standard InChI is InChI=1S/C17H22N2O/c1-11(2)6-12-4-5-14-15(7-12)17(20)18-8-13-9-19(3)10-16(13)14/h4-7,13,16H,8-10H2,1-3H3,(H,18,20)/t13-,16-/m1/s1. The molecule has 2 aliphatic rings. The fourth-order valence-corrected chi connectivity index (χ4v) is 3.48. The van der Waals surface area contributed by atoms with Crippen molar-refractivity contribution in [2.45, 2.75) is 19.8 Å². The Morgan fingerprint density at radius 2 is 2.15 bits per heavy atom. The lowest BCUT2D eigenvalue weighted by Gasteiger charge is -2.16. The van der Waals surface area contributed by atoms with Crippen LogP contribution in [-0.2, 0) is 0 Å². The third-order valence-corrected chi connectivity index (χ3v) is 4.33. The smallest absolute Gasteiger partial charge is 0.251 e. The maximum Gasteiger partial charge on any atom is 0.251 e. The summed E-state index contributed by atoms with van der Waals surface area (Å²) < 4.78 is 0. The van der Waals surface area contributed by atoms with Crippen LogP contribution in [0.1, 0.15) is 41.3 Å². The number of hydrogen-bond donors (Lipinski definition) is 1. The number of likely N-dealkylation sites (tertiary alicyclic amines) is 1. The number of carbonyl (C=O) groups is 1. The summed E-state index contributed by atoms with van der Waals surface area (Å²) >= 11 is 0. The normalized spacial score (nSPS) is 25.4. The van der Waals surface area contributed by atoms with Gasteiger partial charge in [0.05, 0.1) is 0 Å². The first kappa shape index (κ1) is 13.4. The Kier molecular flexibility index (Phi) is 3.38. The molecule has 1 saturated heterocycles. The van der Waals surface area contributed by atoms with Crippen LogP contribution in [0.2, 0.25) is 0 Å². The van der Waals surface area contributed by atoms with E-state index in [1.165, 1.54) is 11.1 Å². The SMILES string of the molecule is CC(C)=Cc1ccc2c(c1)C(=O)NC[C@@H]1CN(C)C[C@@H]21. The monoisotopic (exact) mass is 270 g/mol. The summed E-state index contributed by atoms with van der Waals surface area (Å²) in [7, 11) is 2.16. The first-order valence-corrected chi connectivity index (χ1v) is 7.30. The van der Waals surface area contributed by atoms with Gasteiger partial charge in [0.2, 0.25) is 0 Å². The first-order chi connectivity index (χ1) is 9.54. The molecule has 2 atom stereocenters. The number of likely N-dealkylation sites (N-methyl/N-ethyl adjacent to an activating group) is 1. The molecule has 1 N–H and O–H groups in total. The average Bonchev–Trinajstić information content (AvgIpc) is 2.71. The second kappa shape index (κ2) is 5.06. The highest BCUT2D eigenvalue weighted by atomic mass is 16.1. The zero-order valence-corrected chi connectivity index (χ0v) is 12.4. The molecule has 1 aromatic rings. The highest BCUT2D eigenvalue weighted by molar-refractivity contribution is 5.97. The number of nitrogens with one attached hydrogen (secondary N) is 1. The molecular weight excluding hydrogens is 248 g/mol. The van der Waals surface area contributed by atoms with Crippen molar-refractivity contribution < 1.29 is 4.79 Å². The zero-order chi connectivity index (χ0) is 14.3. The van der Waals surface area contributed by atoms with Crippen LogP contribution in [0.5, 0.6) is 0 Å². The molecule has 0 spiro atoms. The molecule has 20 heavy (non-hydrogen) atoms. The summed E-state index contributed by atoms with van der Waals surface area (Å²) in [5.74, 6) is 1.11. The largest absolute Gasteiger partial charge is 0.352 e. The topological polar surface area (TPSA) is 32.3 Å². The maximum atomic E-state index is 12.3. The number of fused-ring (bicyclic) bond motifs is 3. The number of rotatable bonds is 1. The molecule has 106 valence electrons. The van der Waals surface area contributed by atoms with Crippen LogP contribution in [0.15, 0.2) is 23.8 Å². The fraction of sp³-hybridized carbons (Fsp3) is 0.471. The lowest BCUT2D eigenvalue weighted by atomic mass is 9.86. The van der Waals surface area contributed by atoms with Crippen LogP contribution < -0.4 is 5.32 Å². The van der Waals surface area contributed by atoms with E-state index in [2.05, 4.69) is 49.3 Å². The second-order valence-electron chi connectivity index (χ2n) is 6.37. The van der Waals surface area contributed by atoms with Crippen LogP contribution in [0, 0.1) is 5.92 Å². The molecule has 1 fully saturated rings. The third-order valence-electron chi connectivity index (χ3n) is 4.33. The molecular formula is C17H22N2O. The zero-order valence-electron chi connectivity index (χ0n) is 12.4. The van der Waals surface area contributed by atoms with E-state index in [1.54, 1.807) is 0 Å². The quantitative estimate of drug-likeness (QED) is 0.850. The molecule has 0 aromatic heterocycles. The molecule has 1 aromatic carbocycles. The molecule has 0 bridgehead atoms. The van der Waals surface area contributed by atoms with Gasteiger partial charge in [-0.1, -0.05) is 23.8 Å². The van der Waals surface area contributed by atoms with Crippen LogP contribution in [0.3, 0.4) is 0 Å². The minimum atomic E-state index is 0.0843. The molecule has 3 rings (SSSR count). The van der Waals surface area contributed by atoms with Gasteiger partial charge in [-0.2, -0.15) is 0 Å². The number of carbonyl (C=O) groups excluding carboxylic acids is 1. The van der Waals surface area contributed by atoms with Crippen molar-refractivity contribution in [1.82, 2.24) is 10.2 Å². The summed E-state index contributed by atoms with van der Waals surface area (Å²) in [6.07, 6.45) is 2.12. The second-order valence-corrected chi connectivity index (χ2v) is 6.37. The fourth-order valence-electron chi connectivity index (χ4n) is 3.48. The molecule has 2 heterocycles. The van der Waals surface area contributed by atoms with Crippen molar-refractivity contribution in [3.05, 3.63) is 40.5 Å². The lowest BCUT2D eigenvalue weighted by molar-refractivity contribution is 0.0951. The molecule has 2 aliphatic heterocycles. The summed E-state index contributed by atoms with van der Waals surface area (Å²) in [6.45, 7) is 7.07. The molecule has 0 aliphatic carbocycles. The number of hydrogen-bond acceptors (Lipinski definition) is 2. The number of benzene rings is 1. The number of nitrogens with zero attached hydrogens (tertiary/aromatic N) is 1. The molecule has 0 unspecified atom stereocenters. The van der Waals surface area contributed by atoms with Gasteiger partial charge in [-0.3, -0.25) is 4.79 Å². The van der Waals surface area contributed by atoms with Crippen LogP contribution in [-0.4, -0.2) is 37.5 Å². The predicted octanol–water partition coefficient (Wildman–Crippen LogP) is 2.50. The highest BCUT2D eigenvalue weighted by Crippen LogP contribution is 2.35. The van der Waals surface area contributed by atoms with Crippen molar-refractivity contribution in [2.75, 3.05) is 26.7 Å². The highest BCUT2D eigenvalue weighted by Gasteiger charge is 2.36. The minimum Gasteiger partial charge on any atom is -0.352 e. The van der Waals surface area contributed by atoms with E-state index in [-0.39, 0.29) is 5.91 Å². The third kappa shape index (κ3) is 2.38. The molecule has 1 amide bonds. The molecule has 3 heteroatoms. The minimum absolute atomic E-state index is 0.0843. The van der Waals surface area contributed by atoms with E-state index >= 15 is 0 Å².